The highest BCUT2D eigenvalue weighted by Crippen LogP contribution is 2.03. The van der Waals surface area contributed by atoms with Gasteiger partial charge in [0.15, 0.2) is 0 Å². The Kier molecular flexibility index (Phi) is 16.1. The number of unbranched alkanes of at least 4 members (excludes halogenated alkanes) is 4. The van der Waals surface area contributed by atoms with Crippen molar-refractivity contribution in [2.75, 3.05) is 39.6 Å². The molecule has 112 valence electrons. The quantitative estimate of drug-likeness (QED) is 0.319. The normalized spacial score (nSPS) is 10.1. The van der Waals surface area contributed by atoms with Crippen LogP contribution in [0.2, 0.25) is 0 Å². The van der Waals surface area contributed by atoms with Gasteiger partial charge in [-0.05, 0) is 12.8 Å². The topological polar surface area (TPSA) is 36.9 Å². The molecule has 0 aromatic heterocycles. The first-order valence-corrected chi connectivity index (χ1v) is 7.02. The maximum atomic E-state index is 5.40. The Hall–Kier alpha value is -1.00. The third kappa shape index (κ3) is 17.0. The Morgan fingerprint density at radius 3 is 1.37 bits per heavy atom. The molecular weight excluding hydrogens is 244 g/mol. The van der Waals surface area contributed by atoms with E-state index in [2.05, 4.69) is 13.2 Å². The molecule has 4 heteroatoms. The molecule has 0 fully saturated rings. The maximum Gasteiger partial charge on any atom is 0.111 e. The van der Waals surface area contributed by atoms with E-state index in [9.17, 15) is 0 Å². The van der Waals surface area contributed by atoms with Crippen LogP contribution in [-0.4, -0.2) is 39.6 Å². The van der Waals surface area contributed by atoms with Crippen molar-refractivity contribution in [1.29, 1.82) is 0 Å². The molecule has 19 heavy (non-hydrogen) atoms. The number of hydrogen-bond donors (Lipinski definition) is 0. The van der Waals surface area contributed by atoms with E-state index in [1.807, 2.05) is 0 Å². The fraction of sp³-hybridized carbons (Fsp3) is 0.733. The van der Waals surface area contributed by atoms with Crippen LogP contribution in [0.4, 0.5) is 0 Å². The van der Waals surface area contributed by atoms with Crippen molar-refractivity contribution >= 4 is 0 Å². The summed E-state index contributed by atoms with van der Waals surface area (Å²) in [6.45, 7) is 11.0. The van der Waals surface area contributed by atoms with Gasteiger partial charge < -0.3 is 18.9 Å². The van der Waals surface area contributed by atoms with Gasteiger partial charge in [0.1, 0.15) is 13.2 Å². The summed E-state index contributed by atoms with van der Waals surface area (Å²) < 4.78 is 20.7. The van der Waals surface area contributed by atoms with Gasteiger partial charge in [-0.25, -0.2) is 0 Å². The predicted octanol–water partition coefficient (Wildman–Crippen LogP) is 3.29. The summed E-state index contributed by atoms with van der Waals surface area (Å²) in [7, 11) is 0. The SMILES string of the molecule is C=COCCOCCCCCCCOCCOC=C. The van der Waals surface area contributed by atoms with Crippen LogP contribution in [0.3, 0.4) is 0 Å². The van der Waals surface area contributed by atoms with E-state index in [-0.39, 0.29) is 0 Å². The van der Waals surface area contributed by atoms with Gasteiger partial charge in [0.25, 0.3) is 0 Å². The molecule has 0 N–H and O–H groups in total. The lowest BCUT2D eigenvalue weighted by Crippen LogP contribution is -2.03. The first-order valence-electron chi connectivity index (χ1n) is 7.02. The van der Waals surface area contributed by atoms with Gasteiger partial charge in [-0.15, -0.1) is 0 Å². The van der Waals surface area contributed by atoms with Gasteiger partial charge in [-0.3, -0.25) is 0 Å². The van der Waals surface area contributed by atoms with E-state index in [1.54, 1.807) is 0 Å². The summed E-state index contributed by atoms with van der Waals surface area (Å²) in [5, 5.41) is 0. The minimum absolute atomic E-state index is 0.594. The number of hydrogen-bond acceptors (Lipinski definition) is 4. The highest BCUT2D eigenvalue weighted by molar-refractivity contribution is 4.49. The molecule has 0 aromatic carbocycles. The van der Waals surface area contributed by atoms with Crippen molar-refractivity contribution < 1.29 is 18.9 Å². The van der Waals surface area contributed by atoms with Gasteiger partial charge >= 0.3 is 0 Å². The second-order valence-corrected chi connectivity index (χ2v) is 4.07. The number of ether oxygens (including phenoxy) is 4. The van der Waals surface area contributed by atoms with Crippen molar-refractivity contribution in [2.24, 2.45) is 0 Å². The van der Waals surface area contributed by atoms with Gasteiger partial charge in [0.05, 0.1) is 25.7 Å². The van der Waals surface area contributed by atoms with Gasteiger partial charge in [0.2, 0.25) is 0 Å². The molecule has 0 rings (SSSR count). The zero-order chi connectivity index (χ0) is 14.0. The molecule has 0 aliphatic rings. The summed E-state index contributed by atoms with van der Waals surface area (Å²) in [4.78, 5) is 0. The lowest BCUT2D eigenvalue weighted by molar-refractivity contribution is 0.0797. The minimum Gasteiger partial charge on any atom is -0.499 e. The summed E-state index contributed by atoms with van der Waals surface area (Å²) >= 11 is 0. The monoisotopic (exact) mass is 272 g/mol. The van der Waals surface area contributed by atoms with Crippen molar-refractivity contribution in [1.82, 2.24) is 0 Å². The average molecular weight is 272 g/mol. The van der Waals surface area contributed by atoms with Crippen LogP contribution in [-0.2, 0) is 18.9 Å². The van der Waals surface area contributed by atoms with Crippen molar-refractivity contribution in [2.45, 2.75) is 32.1 Å². The molecule has 0 aliphatic heterocycles. The standard InChI is InChI=1S/C15H28O4/c1-3-16-12-14-18-10-8-6-5-7-9-11-19-15-13-17-4-2/h3-4H,1-2,5-15H2. The van der Waals surface area contributed by atoms with E-state index in [4.69, 9.17) is 18.9 Å². The molecule has 0 saturated carbocycles. The van der Waals surface area contributed by atoms with Crippen LogP contribution in [0.5, 0.6) is 0 Å². The van der Waals surface area contributed by atoms with Crippen molar-refractivity contribution in [3.05, 3.63) is 25.7 Å². The molecular formula is C15H28O4. The van der Waals surface area contributed by atoms with Crippen LogP contribution < -0.4 is 0 Å². The van der Waals surface area contributed by atoms with Crippen LogP contribution in [0.25, 0.3) is 0 Å². The molecule has 4 nitrogen and oxygen atoms in total. The molecule has 0 aromatic rings. The molecule has 0 radical (unpaired) electrons. The Morgan fingerprint density at radius 2 is 0.947 bits per heavy atom. The lowest BCUT2D eigenvalue weighted by Gasteiger charge is -2.05. The Morgan fingerprint density at radius 1 is 0.526 bits per heavy atom. The van der Waals surface area contributed by atoms with Gasteiger partial charge in [0, 0.05) is 13.2 Å². The minimum atomic E-state index is 0.594. The second-order valence-electron chi connectivity index (χ2n) is 4.07. The fourth-order valence-electron chi connectivity index (χ4n) is 1.52. The van der Waals surface area contributed by atoms with E-state index < -0.39 is 0 Å². The molecule has 0 unspecified atom stereocenters. The van der Waals surface area contributed by atoms with Gasteiger partial charge in [-0.1, -0.05) is 32.4 Å². The smallest absolute Gasteiger partial charge is 0.111 e. The van der Waals surface area contributed by atoms with Crippen molar-refractivity contribution in [3.63, 3.8) is 0 Å². The molecule has 0 bridgehead atoms. The van der Waals surface area contributed by atoms with E-state index in [0.717, 1.165) is 26.1 Å². The summed E-state index contributed by atoms with van der Waals surface area (Å²) in [5.41, 5.74) is 0. The van der Waals surface area contributed by atoms with Crippen LogP contribution in [0.15, 0.2) is 25.7 Å². The highest BCUT2D eigenvalue weighted by Gasteiger charge is 1.93. The zero-order valence-corrected chi connectivity index (χ0v) is 12.0. The number of rotatable bonds is 16. The van der Waals surface area contributed by atoms with Crippen LogP contribution >= 0.6 is 0 Å². The van der Waals surface area contributed by atoms with Crippen molar-refractivity contribution in [3.8, 4) is 0 Å². The van der Waals surface area contributed by atoms with E-state index in [0.29, 0.717) is 26.4 Å². The summed E-state index contributed by atoms with van der Waals surface area (Å²) in [6, 6.07) is 0. The fourth-order valence-corrected chi connectivity index (χ4v) is 1.52. The molecule has 0 heterocycles. The van der Waals surface area contributed by atoms with Crippen LogP contribution in [0.1, 0.15) is 32.1 Å². The van der Waals surface area contributed by atoms with Gasteiger partial charge in [-0.2, -0.15) is 0 Å². The summed E-state index contributed by atoms with van der Waals surface area (Å²) in [6.07, 6.45) is 8.76. The molecule has 0 spiro atoms. The first kappa shape index (κ1) is 18.0. The largest absolute Gasteiger partial charge is 0.499 e. The Labute approximate surface area is 117 Å². The summed E-state index contributed by atoms with van der Waals surface area (Å²) in [5.74, 6) is 0. The average Bonchev–Trinajstić information content (AvgIpc) is 2.43. The Balaban J connectivity index is 2.91. The molecule has 0 atom stereocenters. The third-order valence-corrected chi connectivity index (χ3v) is 2.50. The highest BCUT2D eigenvalue weighted by atomic mass is 16.5. The predicted molar refractivity (Wildman–Crippen MR) is 77.0 cm³/mol. The lowest BCUT2D eigenvalue weighted by atomic mass is 10.1. The maximum absolute atomic E-state index is 5.40. The van der Waals surface area contributed by atoms with E-state index in [1.165, 1.54) is 31.8 Å². The molecule has 0 aliphatic carbocycles. The Bertz CT molecular complexity index is 175. The molecule has 0 amide bonds. The zero-order valence-electron chi connectivity index (χ0n) is 12.0. The molecule has 0 saturated heterocycles. The van der Waals surface area contributed by atoms with Crippen LogP contribution in [0, 0.1) is 0 Å². The second kappa shape index (κ2) is 17.0. The van der Waals surface area contributed by atoms with E-state index >= 15 is 0 Å². The third-order valence-electron chi connectivity index (χ3n) is 2.50. The first-order chi connectivity index (χ1) is 9.41.